The first-order valence-electron chi connectivity index (χ1n) is 26.0. The maximum absolute atomic E-state index is 12.9. The van der Waals surface area contributed by atoms with Crippen molar-refractivity contribution in [1.29, 1.82) is 0 Å². The Labute approximate surface area is 443 Å². The van der Waals surface area contributed by atoms with Crippen molar-refractivity contribution in [3.63, 3.8) is 0 Å². The highest BCUT2D eigenvalue weighted by atomic mass is 31.3. The first-order chi connectivity index (χ1) is 36.1. The summed E-state index contributed by atoms with van der Waals surface area (Å²) in [7, 11) is -10.9. The van der Waals surface area contributed by atoms with E-state index < -0.39 is 83.7 Å². The maximum Gasteiger partial charge on any atom is 0.481 e. The van der Waals surface area contributed by atoms with Crippen LogP contribution in [0.4, 0.5) is 5.82 Å². The maximum atomic E-state index is 12.9. The van der Waals surface area contributed by atoms with Crippen molar-refractivity contribution in [3.8, 4) is 0 Å². The molecule has 420 valence electrons. The van der Waals surface area contributed by atoms with Crippen LogP contribution in [0.2, 0.25) is 0 Å². The summed E-state index contributed by atoms with van der Waals surface area (Å²) < 4.78 is 56.7. The molecule has 1 aromatic heterocycles. The molecule has 1 aliphatic rings. The Morgan fingerprint density at radius 1 is 0.707 bits per heavy atom. The molecule has 1 aliphatic heterocycles. The van der Waals surface area contributed by atoms with Gasteiger partial charge in [-0.1, -0.05) is 136 Å². The second-order valence-electron chi connectivity index (χ2n) is 17.5. The third-order valence-corrected chi connectivity index (χ3v) is 13.5. The number of aromatic nitrogens is 2. The molecule has 2 heterocycles. The zero-order valence-corrected chi connectivity index (χ0v) is 45.4. The molecule has 1 aromatic rings. The van der Waals surface area contributed by atoms with E-state index >= 15 is 0 Å². The number of allylic oxidation sites excluding steroid dienone is 17. The monoisotopic (exact) mass is 1090 g/mol. The van der Waals surface area contributed by atoms with E-state index in [-0.39, 0.29) is 24.8 Å². The lowest BCUT2D eigenvalue weighted by Crippen LogP contribution is -2.36. The third-order valence-electron chi connectivity index (χ3n) is 10.9. The smallest absolute Gasteiger partial charge is 0.462 e. The number of ether oxygens (including phenoxy) is 3. The van der Waals surface area contributed by atoms with Gasteiger partial charge in [0.25, 0.3) is 0 Å². The van der Waals surface area contributed by atoms with Crippen molar-refractivity contribution in [3.05, 3.63) is 132 Å². The zero-order chi connectivity index (χ0) is 55.0. The summed E-state index contributed by atoms with van der Waals surface area (Å²) in [5.74, 6) is -1.44. The SMILES string of the molecule is CC/C=C\C/C=C\C/C=C\C/C=C\C/C=C\CCCCCC(=O)O[C@H](COC(=O)CCC/C=C\C/C=C\C/C=C\C/C=C\CC(O)CCC)COP(=O)(O)OP(=O)(O)OC[C@H]1O[C@@H](n2ccc(N)nc2=O)[C@H](O)[C@@H]1O. The number of aliphatic hydroxyl groups excluding tert-OH is 3. The van der Waals surface area contributed by atoms with Gasteiger partial charge in [-0.15, -0.1) is 0 Å². The first-order valence-corrected chi connectivity index (χ1v) is 29.0. The highest BCUT2D eigenvalue weighted by Crippen LogP contribution is 2.60. The number of rotatable bonds is 41. The fraction of sp³-hybridized carbons (Fsp3) is 0.556. The van der Waals surface area contributed by atoms with Crippen molar-refractivity contribution in [2.75, 3.05) is 25.6 Å². The molecular formula is C54H83N3O16P2. The molecule has 0 radical (unpaired) electrons. The molecule has 0 saturated carbocycles. The van der Waals surface area contributed by atoms with E-state index in [2.05, 4.69) is 95.2 Å². The quantitative estimate of drug-likeness (QED) is 0.0154. The summed E-state index contributed by atoms with van der Waals surface area (Å²) in [4.78, 5) is 61.9. The van der Waals surface area contributed by atoms with Crippen molar-refractivity contribution in [2.24, 2.45) is 0 Å². The van der Waals surface area contributed by atoms with Gasteiger partial charge in [-0.25, -0.2) is 13.9 Å². The molecular weight excluding hydrogens is 1010 g/mol. The van der Waals surface area contributed by atoms with Crippen LogP contribution in [0.3, 0.4) is 0 Å². The van der Waals surface area contributed by atoms with Gasteiger partial charge in [-0.2, -0.15) is 9.29 Å². The molecule has 0 spiro atoms. The van der Waals surface area contributed by atoms with E-state index in [9.17, 15) is 48.6 Å². The van der Waals surface area contributed by atoms with Crippen molar-refractivity contribution in [2.45, 2.75) is 173 Å². The van der Waals surface area contributed by atoms with E-state index in [1.54, 1.807) is 0 Å². The number of unbranched alkanes of at least 4 members (excludes halogenated alkanes) is 4. The Hall–Kier alpha value is -4.62. The molecule has 0 bridgehead atoms. The Morgan fingerprint density at radius 3 is 1.79 bits per heavy atom. The van der Waals surface area contributed by atoms with Crippen LogP contribution in [0, 0.1) is 0 Å². The molecule has 8 atom stereocenters. The fourth-order valence-electron chi connectivity index (χ4n) is 6.93. The minimum Gasteiger partial charge on any atom is -0.462 e. The van der Waals surface area contributed by atoms with Crippen LogP contribution in [0.25, 0.3) is 0 Å². The number of nitrogens with two attached hydrogens (primary N) is 1. The standard InChI is InChI=1S/C54H83N3O16P2/c1-3-5-6-7-8-9-10-11-12-13-14-15-16-19-23-26-29-32-35-39-50(60)71-46(42-68-49(59)38-34-31-28-25-22-20-17-18-21-24-27-30-33-37-45(58)36-4-2)43-69-74(64,65)73-75(66,67)70-44-47-51(61)52(62)53(72-47)57-41-40-48(55)56-54(57)63/h5-6,8-9,11-12,14-15,17,19-21,23-25,28,30,33,40-41,45-47,51-53,58,61-62H,3-4,7,10,13,16,18,22,26-27,29,31-32,34-39,42-44H2,1-2H3,(H,64,65)(H,66,67)(H2,55,56,63)/b6-5-,9-8-,12-11-,15-14-,20-17-,23-19-,24-21-,28-25-,33-30-/t45?,46-,47-,51-,52-,53-/m1/s1. The van der Waals surface area contributed by atoms with Gasteiger partial charge in [-0.05, 0) is 102 Å². The predicted molar refractivity (Wildman–Crippen MR) is 290 cm³/mol. The van der Waals surface area contributed by atoms with Crippen molar-refractivity contribution in [1.82, 2.24) is 9.55 Å². The van der Waals surface area contributed by atoms with Gasteiger partial charge in [0, 0.05) is 19.0 Å². The minimum atomic E-state index is -5.46. The zero-order valence-electron chi connectivity index (χ0n) is 43.7. The summed E-state index contributed by atoms with van der Waals surface area (Å²) in [6, 6.07) is 1.24. The number of hydrogen-bond donors (Lipinski definition) is 6. The molecule has 19 nitrogen and oxygen atoms in total. The van der Waals surface area contributed by atoms with Gasteiger partial charge in [0.2, 0.25) is 0 Å². The lowest BCUT2D eigenvalue weighted by molar-refractivity contribution is -0.161. The molecule has 7 N–H and O–H groups in total. The molecule has 0 aromatic carbocycles. The molecule has 2 rings (SSSR count). The Bertz CT molecular complexity index is 2200. The van der Waals surface area contributed by atoms with E-state index in [0.717, 1.165) is 87.8 Å². The number of nitrogens with zero attached hydrogens (tertiary/aromatic N) is 2. The van der Waals surface area contributed by atoms with Crippen molar-refractivity contribution >= 4 is 33.4 Å². The second-order valence-corrected chi connectivity index (χ2v) is 20.5. The highest BCUT2D eigenvalue weighted by molar-refractivity contribution is 7.61. The van der Waals surface area contributed by atoms with E-state index in [1.807, 2.05) is 37.3 Å². The minimum absolute atomic E-state index is 0.0152. The molecule has 1 fully saturated rings. The summed E-state index contributed by atoms with van der Waals surface area (Å²) >= 11 is 0. The van der Waals surface area contributed by atoms with Gasteiger partial charge < -0.3 is 45.1 Å². The fourth-order valence-corrected chi connectivity index (χ4v) is 9.04. The van der Waals surface area contributed by atoms with Gasteiger partial charge in [0.15, 0.2) is 12.3 Å². The number of phosphoric ester groups is 2. The Kier molecular flexibility index (Phi) is 36.0. The number of hydrogen-bond acceptors (Lipinski definition) is 16. The average molecular weight is 1090 g/mol. The second kappa shape index (κ2) is 40.6. The van der Waals surface area contributed by atoms with Gasteiger partial charge in [0.05, 0.1) is 19.3 Å². The normalized spacial score (nSPS) is 20.1. The summed E-state index contributed by atoms with van der Waals surface area (Å²) in [6.07, 6.45) is 43.7. The van der Waals surface area contributed by atoms with Crippen LogP contribution < -0.4 is 11.4 Å². The van der Waals surface area contributed by atoms with Crippen LogP contribution >= 0.6 is 15.6 Å². The molecule has 75 heavy (non-hydrogen) atoms. The number of aliphatic hydroxyl groups is 3. The van der Waals surface area contributed by atoms with Gasteiger partial charge in [-0.3, -0.25) is 23.2 Å². The highest BCUT2D eigenvalue weighted by Gasteiger charge is 2.46. The van der Waals surface area contributed by atoms with Crippen LogP contribution in [0.5, 0.6) is 0 Å². The molecule has 21 heteroatoms. The Balaban J connectivity index is 1.84. The van der Waals surface area contributed by atoms with Crippen LogP contribution in [0.1, 0.15) is 142 Å². The first kappa shape index (κ1) is 66.5. The number of carbonyl (C=O) groups is 2. The number of phosphoric acid groups is 2. The van der Waals surface area contributed by atoms with Gasteiger partial charge in [0.1, 0.15) is 30.7 Å². The molecule has 1 saturated heterocycles. The lowest BCUT2D eigenvalue weighted by Gasteiger charge is -2.21. The van der Waals surface area contributed by atoms with E-state index in [1.165, 1.54) is 6.07 Å². The van der Waals surface area contributed by atoms with E-state index in [0.29, 0.717) is 32.1 Å². The number of nitrogen functional groups attached to an aromatic ring is 1. The summed E-state index contributed by atoms with van der Waals surface area (Å²) in [5.41, 5.74) is 4.58. The largest absolute Gasteiger partial charge is 0.481 e. The van der Waals surface area contributed by atoms with Crippen LogP contribution in [-0.4, -0.2) is 96.9 Å². The van der Waals surface area contributed by atoms with Gasteiger partial charge >= 0.3 is 33.3 Å². The summed E-state index contributed by atoms with van der Waals surface area (Å²) in [6.45, 7) is 1.74. The molecule has 0 aliphatic carbocycles. The van der Waals surface area contributed by atoms with Crippen molar-refractivity contribution < 1.29 is 71.4 Å². The van der Waals surface area contributed by atoms with Crippen LogP contribution in [0.15, 0.2) is 126 Å². The Morgan fingerprint density at radius 2 is 1.23 bits per heavy atom. The number of carbonyl (C=O) groups excluding carboxylic acids is 2. The average Bonchev–Trinajstić information content (AvgIpc) is 3.64. The van der Waals surface area contributed by atoms with E-state index in [4.69, 9.17) is 29.0 Å². The number of anilines is 1. The lowest BCUT2D eigenvalue weighted by atomic mass is 10.1. The topological polar surface area (TPSA) is 286 Å². The predicted octanol–water partition coefficient (Wildman–Crippen LogP) is 9.97. The third kappa shape index (κ3) is 33.2. The summed E-state index contributed by atoms with van der Waals surface area (Å²) in [5, 5.41) is 30.7. The van der Waals surface area contributed by atoms with Crippen LogP contribution in [-0.2, 0) is 46.3 Å². The molecule has 3 unspecified atom stereocenters. The number of esters is 2. The molecule has 0 amide bonds.